The van der Waals surface area contributed by atoms with Gasteiger partial charge in [0.1, 0.15) is 22.9 Å². The molecule has 0 aliphatic rings. The SMILES string of the molecule is Cc1ccc(C)c(S(=O)(=O)Oc2ccccc2C(=O)OCc2nc3c(C)cccc3c(=O)[nH]2)c1. The van der Waals surface area contributed by atoms with Crippen LogP contribution in [0.15, 0.2) is 70.4 Å². The van der Waals surface area contributed by atoms with E-state index in [2.05, 4.69) is 9.97 Å². The molecule has 0 atom stereocenters. The number of benzene rings is 3. The number of H-pyrrole nitrogens is 1. The molecule has 8 nitrogen and oxygen atoms in total. The number of aromatic nitrogens is 2. The highest BCUT2D eigenvalue weighted by Gasteiger charge is 2.23. The number of esters is 1. The van der Waals surface area contributed by atoms with Gasteiger partial charge in [0.25, 0.3) is 5.56 Å². The fraction of sp³-hybridized carbons (Fsp3) is 0.160. The number of nitrogens with one attached hydrogen (secondary N) is 1. The highest BCUT2D eigenvalue weighted by atomic mass is 32.2. The normalized spacial score (nSPS) is 11.4. The largest absolute Gasteiger partial charge is 0.454 e. The lowest BCUT2D eigenvalue weighted by atomic mass is 10.1. The first-order valence-electron chi connectivity index (χ1n) is 10.4. The van der Waals surface area contributed by atoms with Crippen LogP contribution in [0.1, 0.15) is 32.9 Å². The molecule has 174 valence electrons. The second-order valence-electron chi connectivity index (χ2n) is 7.86. The molecule has 1 heterocycles. The molecule has 3 aromatic carbocycles. The van der Waals surface area contributed by atoms with Crippen molar-refractivity contribution in [3.05, 3.63) is 99.1 Å². The predicted molar refractivity (Wildman–Crippen MR) is 126 cm³/mol. The van der Waals surface area contributed by atoms with Crippen molar-refractivity contribution >= 4 is 27.0 Å². The Bertz CT molecular complexity index is 1570. The van der Waals surface area contributed by atoms with E-state index in [1.54, 1.807) is 50.2 Å². The van der Waals surface area contributed by atoms with E-state index in [1.165, 1.54) is 18.2 Å². The first-order valence-corrected chi connectivity index (χ1v) is 11.8. The number of rotatable bonds is 6. The number of carbonyl (C=O) groups excluding carboxylic acids is 1. The Morgan fingerprint density at radius 2 is 1.74 bits per heavy atom. The summed E-state index contributed by atoms with van der Waals surface area (Å²) in [6.07, 6.45) is 0. The molecule has 0 saturated carbocycles. The first-order chi connectivity index (χ1) is 16.2. The van der Waals surface area contributed by atoms with Gasteiger partial charge >= 0.3 is 16.1 Å². The van der Waals surface area contributed by atoms with Gasteiger partial charge in [0.05, 0.1) is 10.9 Å². The topological polar surface area (TPSA) is 115 Å². The quantitative estimate of drug-likeness (QED) is 0.329. The van der Waals surface area contributed by atoms with Crippen LogP contribution in [0, 0.1) is 20.8 Å². The molecular formula is C25H22N2O6S. The molecule has 0 spiro atoms. The van der Waals surface area contributed by atoms with E-state index in [1.807, 2.05) is 13.0 Å². The molecule has 0 amide bonds. The summed E-state index contributed by atoms with van der Waals surface area (Å²) in [4.78, 5) is 32.1. The zero-order chi connectivity index (χ0) is 24.5. The minimum Gasteiger partial charge on any atom is -0.454 e. The second kappa shape index (κ2) is 9.11. The van der Waals surface area contributed by atoms with E-state index < -0.39 is 16.1 Å². The van der Waals surface area contributed by atoms with Crippen LogP contribution in [-0.4, -0.2) is 24.4 Å². The molecule has 4 aromatic rings. The van der Waals surface area contributed by atoms with E-state index >= 15 is 0 Å². The number of ether oxygens (including phenoxy) is 1. The standard InChI is InChI=1S/C25H22N2O6S/c1-15-11-12-16(2)21(13-15)34(30,31)33-20-10-5-4-8-18(20)25(29)32-14-22-26-23-17(3)7-6-9-19(23)24(28)27-22/h4-13H,14H2,1-3H3,(H,26,27,28). The third-order valence-electron chi connectivity index (χ3n) is 5.25. The molecule has 0 aliphatic heterocycles. The molecule has 1 aromatic heterocycles. The maximum atomic E-state index is 12.9. The summed E-state index contributed by atoms with van der Waals surface area (Å²) in [5.41, 5.74) is 2.19. The highest BCUT2D eigenvalue weighted by molar-refractivity contribution is 7.87. The van der Waals surface area contributed by atoms with Crippen LogP contribution in [0.4, 0.5) is 0 Å². The summed E-state index contributed by atoms with van der Waals surface area (Å²) >= 11 is 0. The molecule has 1 N–H and O–H groups in total. The third-order valence-corrected chi connectivity index (χ3v) is 6.62. The molecule has 4 rings (SSSR count). The number of nitrogens with zero attached hydrogens (tertiary/aromatic N) is 1. The van der Waals surface area contributed by atoms with Gasteiger partial charge in [-0.05, 0) is 61.7 Å². The van der Waals surface area contributed by atoms with Gasteiger partial charge in [0, 0.05) is 0 Å². The Kier molecular flexibility index (Phi) is 6.21. The third kappa shape index (κ3) is 4.69. The smallest absolute Gasteiger partial charge is 0.342 e. The van der Waals surface area contributed by atoms with Crippen molar-refractivity contribution in [2.24, 2.45) is 0 Å². The molecule has 0 radical (unpaired) electrons. The van der Waals surface area contributed by atoms with Gasteiger partial charge in [0.15, 0.2) is 5.75 Å². The number of hydrogen-bond donors (Lipinski definition) is 1. The Hall–Kier alpha value is -3.98. The molecule has 0 fully saturated rings. The lowest BCUT2D eigenvalue weighted by molar-refractivity contribution is 0.0460. The van der Waals surface area contributed by atoms with E-state index in [0.717, 1.165) is 11.1 Å². The van der Waals surface area contributed by atoms with Crippen molar-refractivity contribution in [3.8, 4) is 5.75 Å². The van der Waals surface area contributed by atoms with Crippen LogP contribution in [0.5, 0.6) is 5.75 Å². The van der Waals surface area contributed by atoms with Crippen LogP contribution >= 0.6 is 0 Å². The van der Waals surface area contributed by atoms with Crippen molar-refractivity contribution in [1.82, 2.24) is 9.97 Å². The molecule has 0 unspecified atom stereocenters. The number of para-hydroxylation sites is 2. The maximum Gasteiger partial charge on any atom is 0.342 e. The number of hydrogen-bond acceptors (Lipinski definition) is 7. The maximum absolute atomic E-state index is 12.9. The Labute approximate surface area is 196 Å². The summed E-state index contributed by atoms with van der Waals surface area (Å²) in [6, 6.07) is 16.1. The zero-order valence-corrected chi connectivity index (χ0v) is 19.6. The van der Waals surface area contributed by atoms with Crippen LogP contribution in [0.2, 0.25) is 0 Å². The van der Waals surface area contributed by atoms with Gasteiger partial charge in [-0.2, -0.15) is 8.42 Å². The van der Waals surface area contributed by atoms with Crippen molar-refractivity contribution in [2.45, 2.75) is 32.3 Å². The monoisotopic (exact) mass is 478 g/mol. The van der Waals surface area contributed by atoms with Crippen LogP contribution in [-0.2, 0) is 21.5 Å². The summed E-state index contributed by atoms with van der Waals surface area (Å²) in [6.45, 7) is 4.95. The lowest BCUT2D eigenvalue weighted by Gasteiger charge is -2.13. The van der Waals surface area contributed by atoms with Crippen LogP contribution in [0.25, 0.3) is 10.9 Å². The minimum absolute atomic E-state index is 0.0176. The van der Waals surface area contributed by atoms with Crippen molar-refractivity contribution < 1.29 is 22.1 Å². The van der Waals surface area contributed by atoms with E-state index in [4.69, 9.17) is 8.92 Å². The minimum atomic E-state index is -4.19. The Morgan fingerprint density at radius 1 is 0.971 bits per heavy atom. The summed E-state index contributed by atoms with van der Waals surface area (Å²) in [7, 11) is -4.19. The van der Waals surface area contributed by atoms with Crippen LogP contribution in [0.3, 0.4) is 0 Å². The van der Waals surface area contributed by atoms with Crippen molar-refractivity contribution in [3.63, 3.8) is 0 Å². The predicted octanol–water partition coefficient (Wildman–Crippen LogP) is 3.97. The fourth-order valence-corrected chi connectivity index (χ4v) is 4.74. The second-order valence-corrected chi connectivity index (χ2v) is 9.38. The molecule has 0 aliphatic carbocycles. The highest BCUT2D eigenvalue weighted by Crippen LogP contribution is 2.26. The molecule has 0 saturated heterocycles. The number of fused-ring (bicyclic) bond motifs is 1. The average Bonchev–Trinajstić information content (AvgIpc) is 2.80. The van der Waals surface area contributed by atoms with Gasteiger partial charge < -0.3 is 13.9 Å². The van der Waals surface area contributed by atoms with Gasteiger partial charge in [0.2, 0.25) is 0 Å². The Balaban J connectivity index is 1.58. The van der Waals surface area contributed by atoms with Gasteiger partial charge in [-0.3, -0.25) is 4.79 Å². The van der Waals surface area contributed by atoms with Crippen LogP contribution < -0.4 is 9.74 Å². The van der Waals surface area contributed by atoms with Gasteiger partial charge in [-0.25, -0.2) is 9.78 Å². The zero-order valence-electron chi connectivity index (χ0n) is 18.8. The van der Waals surface area contributed by atoms with Gasteiger partial charge in [-0.15, -0.1) is 0 Å². The lowest BCUT2D eigenvalue weighted by Crippen LogP contribution is -2.16. The van der Waals surface area contributed by atoms with Gasteiger partial charge in [-0.1, -0.05) is 36.4 Å². The average molecular weight is 479 g/mol. The number of carbonyl (C=O) groups is 1. The Morgan fingerprint density at radius 3 is 2.53 bits per heavy atom. The number of aryl methyl sites for hydroxylation is 3. The van der Waals surface area contributed by atoms with E-state index in [0.29, 0.717) is 16.5 Å². The molecule has 34 heavy (non-hydrogen) atoms. The van der Waals surface area contributed by atoms with E-state index in [9.17, 15) is 18.0 Å². The van der Waals surface area contributed by atoms with Crippen molar-refractivity contribution in [1.29, 1.82) is 0 Å². The van der Waals surface area contributed by atoms with Crippen molar-refractivity contribution in [2.75, 3.05) is 0 Å². The molecule has 0 bridgehead atoms. The summed E-state index contributed by atoms with van der Waals surface area (Å²) in [5, 5.41) is 0.436. The number of aromatic amines is 1. The summed E-state index contributed by atoms with van der Waals surface area (Å²) in [5.74, 6) is -0.815. The molecular weight excluding hydrogens is 456 g/mol. The van der Waals surface area contributed by atoms with E-state index in [-0.39, 0.29) is 34.2 Å². The fourth-order valence-electron chi connectivity index (χ4n) is 3.48. The summed E-state index contributed by atoms with van der Waals surface area (Å²) < 4.78 is 36.4. The first kappa shape index (κ1) is 23.2. The molecule has 9 heteroatoms.